The summed E-state index contributed by atoms with van der Waals surface area (Å²) in [4.78, 5) is 24.2. The van der Waals surface area contributed by atoms with Crippen molar-refractivity contribution < 1.29 is 23.8 Å². The van der Waals surface area contributed by atoms with Crippen LogP contribution in [0.25, 0.3) is 0 Å². The fraction of sp³-hybridized carbons (Fsp3) is 0.467. The Morgan fingerprint density at radius 1 is 1.10 bits per heavy atom. The number of ether oxygens (including phenoxy) is 3. The molecular formula is C15H19NO5. The molecule has 0 aliphatic carbocycles. The van der Waals surface area contributed by atoms with Gasteiger partial charge in [0.25, 0.3) is 0 Å². The van der Waals surface area contributed by atoms with Crippen molar-refractivity contribution in [3.63, 3.8) is 0 Å². The van der Waals surface area contributed by atoms with Crippen molar-refractivity contribution in [2.45, 2.75) is 33.1 Å². The molecule has 0 radical (unpaired) electrons. The van der Waals surface area contributed by atoms with E-state index < -0.39 is 23.8 Å². The van der Waals surface area contributed by atoms with E-state index in [1.807, 2.05) is 0 Å². The van der Waals surface area contributed by atoms with Crippen LogP contribution in [0.1, 0.15) is 26.7 Å². The Morgan fingerprint density at radius 3 is 2.05 bits per heavy atom. The zero-order chi connectivity index (χ0) is 15.5. The van der Waals surface area contributed by atoms with Gasteiger partial charge in [0.1, 0.15) is 5.75 Å². The zero-order valence-corrected chi connectivity index (χ0v) is 12.3. The molecular weight excluding hydrogens is 274 g/mol. The minimum Gasteiger partial charge on any atom is -0.497 e. The number of anilines is 1. The summed E-state index contributed by atoms with van der Waals surface area (Å²) in [5.41, 5.74) is -0.528. The van der Waals surface area contributed by atoms with Gasteiger partial charge in [-0.05, 0) is 37.1 Å². The molecule has 1 N–H and O–H groups in total. The van der Waals surface area contributed by atoms with Crippen LogP contribution in [0.3, 0.4) is 0 Å². The quantitative estimate of drug-likeness (QED) is 0.663. The van der Waals surface area contributed by atoms with E-state index in [0.717, 1.165) is 0 Å². The van der Waals surface area contributed by atoms with Gasteiger partial charge in [-0.2, -0.15) is 0 Å². The minimum absolute atomic E-state index is 0.358. The van der Waals surface area contributed by atoms with Gasteiger partial charge in [0, 0.05) is 5.69 Å². The lowest BCUT2D eigenvalue weighted by Gasteiger charge is -2.35. The van der Waals surface area contributed by atoms with Gasteiger partial charge in [-0.1, -0.05) is 13.8 Å². The van der Waals surface area contributed by atoms with Crippen molar-refractivity contribution in [3.8, 4) is 5.75 Å². The van der Waals surface area contributed by atoms with Crippen molar-refractivity contribution in [1.82, 2.24) is 0 Å². The van der Waals surface area contributed by atoms with E-state index in [9.17, 15) is 9.59 Å². The second-order valence-corrected chi connectivity index (χ2v) is 4.80. The van der Waals surface area contributed by atoms with E-state index in [0.29, 0.717) is 24.3 Å². The van der Waals surface area contributed by atoms with Crippen molar-refractivity contribution in [3.05, 3.63) is 24.3 Å². The Balaban J connectivity index is 2.07. The van der Waals surface area contributed by atoms with Crippen LogP contribution in [0.2, 0.25) is 0 Å². The summed E-state index contributed by atoms with van der Waals surface area (Å²) in [6, 6.07) is 6.97. The third kappa shape index (κ3) is 2.79. The number of carbonyl (C=O) groups excluding carboxylic acids is 2. The van der Waals surface area contributed by atoms with Gasteiger partial charge in [0.15, 0.2) is 5.41 Å². The Morgan fingerprint density at radius 2 is 1.62 bits per heavy atom. The average molecular weight is 293 g/mol. The van der Waals surface area contributed by atoms with E-state index in [1.54, 1.807) is 45.2 Å². The van der Waals surface area contributed by atoms with Gasteiger partial charge in [0.05, 0.1) is 7.11 Å². The first-order chi connectivity index (χ1) is 10.1. The standard InChI is InChI=1S/C15H19NO5/c1-4-15(5-2)12(17)20-14(21-13(15)18)16-10-6-8-11(19-3)9-7-10/h6-9,14,16H,4-5H2,1-3H3. The molecule has 1 heterocycles. The number of carbonyl (C=O) groups is 2. The van der Waals surface area contributed by atoms with Crippen LogP contribution in [-0.4, -0.2) is 25.5 Å². The van der Waals surface area contributed by atoms with Crippen LogP contribution in [0, 0.1) is 5.41 Å². The normalized spacial score (nSPS) is 17.9. The third-order valence-electron chi connectivity index (χ3n) is 3.79. The molecule has 0 aromatic heterocycles. The third-order valence-corrected chi connectivity index (χ3v) is 3.79. The number of hydrogen-bond donors (Lipinski definition) is 1. The van der Waals surface area contributed by atoms with Gasteiger partial charge in [-0.25, -0.2) is 0 Å². The predicted molar refractivity (Wildman–Crippen MR) is 75.6 cm³/mol. The highest BCUT2D eigenvalue weighted by Crippen LogP contribution is 2.34. The fourth-order valence-corrected chi connectivity index (χ4v) is 2.24. The van der Waals surface area contributed by atoms with Crippen molar-refractivity contribution >= 4 is 17.6 Å². The molecule has 0 bridgehead atoms. The first kappa shape index (κ1) is 15.2. The van der Waals surface area contributed by atoms with Crippen LogP contribution in [0.4, 0.5) is 5.69 Å². The maximum absolute atomic E-state index is 12.1. The SMILES string of the molecule is CCC1(CC)C(=O)OC(Nc2ccc(OC)cc2)OC1=O. The van der Waals surface area contributed by atoms with Crippen LogP contribution in [0.5, 0.6) is 5.75 Å². The molecule has 1 fully saturated rings. The van der Waals surface area contributed by atoms with Gasteiger partial charge >= 0.3 is 18.4 Å². The van der Waals surface area contributed by atoms with E-state index in [1.165, 1.54) is 0 Å². The molecule has 0 saturated carbocycles. The highest BCUT2D eigenvalue weighted by molar-refractivity contribution is 6.01. The summed E-state index contributed by atoms with van der Waals surface area (Å²) >= 11 is 0. The lowest BCUT2D eigenvalue weighted by molar-refractivity contribution is -0.219. The molecule has 21 heavy (non-hydrogen) atoms. The second kappa shape index (κ2) is 6.03. The summed E-state index contributed by atoms with van der Waals surface area (Å²) in [5.74, 6) is -0.390. The van der Waals surface area contributed by atoms with Crippen LogP contribution < -0.4 is 10.1 Å². The molecule has 0 atom stereocenters. The number of nitrogens with one attached hydrogen (secondary N) is 1. The molecule has 0 unspecified atom stereocenters. The van der Waals surface area contributed by atoms with Crippen molar-refractivity contribution in [2.24, 2.45) is 5.41 Å². The molecule has 1 aromatic rings. The monoisotopic (exact) mass is 293 g/mol. The molecule has 6 heteroatoms. The molecule has 1 saturated heterocycles. The van der Waals surface area contributed by atoms with Crippen LogP contribution >= 0.6 is 0 Å². The van der Waals surface area contributed by atoms with Gasteiger partial charge < -0.3 is 19.5 Å². The summed E-state index contributed by atoms with van der Waals surface area (Å²) < 4.78 is 15.4. The van der Waals surface area contributed by atoms with Crippen molar-refractivity contribution in [1.29, 1.82) is 0 Å². The summed E-state index contributed by atoms with van der Waals surface area (Å²) in [7, 11) is 1.57. The topological polar surface area (TPSA) is 73.9 Å². The second-order valence-electron chi connectivity index (χ2n) is 4.80. The molecule has 1 aliphatic rings. The number of cyclic esters (lactones) is 2. The molecule has 1 aromatic carbocycles. The fourth-order valence-electron chi connectivity index (χ4n) is 2.24. The predicted octanol–water partition coefficient (Wildman–Crippen LogP) is 2.30. The van der Waals surface area contributed by atoms with Crippen molar-refractivity contribution in [2.75, 3.05) is 12.4 Å². The molecule has 1 aliphatic heterocycles. The minimum atomic E-state index is -1.18. The number of hydrogen-bond acceptors (Lipinski definition) is 6. The van der Waals surface area contributed by atoms with Gasteiger partial charge in [0.2, 0.25) is 0 Å². The van der Waals surface area contributed by atoms with E-state index >= 15 is 0 Å². The molecule has 6 nitrogen and oxygen atoms in total. The average Bonchev–Trinajstić information content (AvgIpc) is 2.49. The number of benzene rings is 1. The van der Waals surface area contributed by atoms with E-state index in [4.69, 9.17) is 14.2 Å². The number of methoxy groups -OCH3 is 1. The Kier molecular flexibility index (Phi) is 4.35. The Bertz CT molecular complexity index is 501. The molecule has 0 spiro atoms. The Labute approximate surface area is 123 Å². The lowest BCUT2D eigenvalue weighted by Crippen LogP contribution is -2.51. The molecule has 0 amide bonds. The summed E-state index contributed by atoms with van der Waals surface area (Å²) in [6.07, 6.45) is -0.392. The smallest absolute Gasteiger partial charge is 0.329 e. The summed E-state index contributed by atoms with van der Waals surface area (Å²) in [6.45, 7) is 3.53. The first-order valence-electron chi connectivity index (χ1n) is 6.88. The highest BCUT2D eigenvalue weighted by Gasteiger charge is 2.51. The lowest BCUT2D eigenvalue weighted by atomic mass is 9.82. The van der Waals surface area contributed by atoms with Crippen LogP contribution in [0.15, 0.2) is 24.3 Å². The summed E-state index contributed by atoms with van der Waals surface area (Å²) in [5, 5.41) is 2.84. The number of esters is 2. The largest absolute Gasteiger partial charge is 0.497 e. The molecule has 2 rings (SSSR count). The molecule has 114 valence electrons. The van der Waals surface area contributed by atoms with Gasteiger partial charge in [-0.3, -0.25) is 9.59 Å². The maximum atomic E-state index is 12.1. The van der Waals surface area contributed by atoms with E-state index in [2.05, 4.69) is 5.32 Å². The number of rotatable bonds is 5. The maximum Gasteiger partial charge on any atom is 0.329 e. The van der Waals surface area contributed by atoms with Crippen LogP contribution in [-0.2, 0) is 19.1 Å². The zero-order valence-electron chi connectivity index (χ0n) is 12.3. The highest BCUT2D eigenvalue weighted by atomic mass is 16.7. The van der Waals surface area contributed by atoms with Gasteiger partial charge in [-0.15, -0.1) is 0 Å². The Hall–Kier alpha value is -2.24. The first-order valence-corrected chi connectivity index (χ1v) is 6.88. The van der Waals surface area contributed by atoms with E-state index in [-0.39, 0.29) is 0 Å².